The van der Waals surface area contributed by atoms with Crippen LogP contribution in [0, 0.1) is 5.41 Å². The van der Waals surface area contributed by atoms with Crippen LogP contribution in [0.1, 0.15) is 62.0 Å². The summed E-state index contributed by atoms with van der Waals surface area (Å²) in [5.74, 6) is 1.58. The highest BCUT2D eigenvalue weighted by atomic mass is 15.0. The van der Waals surface area contributed by atoms with Gasteiger partial charge in [0.1, 0.15) is 0 Å². The molecule has 0 heterocycles. The van der Waals surface area contributed by atoms with Crippen LogP contribution in [-0.4, -0.2) is 12.6 Å². The lowest BCUT2D eigenvalue weighted by molar-refractivity contribution is 0.0357. The molecule has 4 bridgehead atoms. The van der Waals surface area contributed by atoms with E-state index in [2.05, 4.69) is 43.6 Å². The molecule has 0 radical (unpaired) electrons. The van der Waals surface area contributed by atoms with Gasteiger partial charge in [-0.05, 0) is 67.5 Å². The third-order valence-corrected chi connectivity index (χ3v) is 5.92. The van der Waals surface area contributed by atoms with Crippen molar-refractivity contribution >= 4 is 0 Å². The van der Waals surface area contributed by atoms with Gasteiger partial charge in [0.25, 0.3) is 0 Å². The molecule has 1 N–H and O–H groups in total. The first-order chi connectivity index (χ1) is 8.63. The van der Waals surface area contributed by atoms with Gasteiger partial charge in [-0.1, -0.05) is 31.2 Å². The summed E-state index contributed by atoms with van der Waals surface area (Å²) in [6.45, 7) is 2.53. The van der Waals surface area contributed by atoms with Gasteiger partial charge in [-0.3, -0.25) is 0 Å². The monoisotopic (exact) mass is 241 g/mol. The van der Waals surface area contributed by atoms with E-state index >= 15 is 0 Å². The third kappa shape index (κ3) is 1.37. The van der Waals surface area contributed by atoms with E-state index in [4.69, 9.17) is 0 Å². The summed E-state index contributed by atoms with van der Waals surface area (Å²) in [5.41, 5.74) is 4.32. The molecule has 2 fully saturated rings. The van der Waals surface area contributed by atoms with Crippen molar-refractivity contribution in [2.24, 2.45) is 5.41 Å². The van der Waals surface area contributed by atoms with Crippen molar-refractivity contribution in [1.29, 1.82) is 0 Å². The topological polar surface area (TPSA) is 12.0 Å². The molecule has 18 heavy (non-hydrogen) atoms. The zero-order valence-corrected chi connectivity index (χ0v) is 11.5. The van der Waals surface area contributed by atoms with Gasteiger partial charge in [0.05, 0.1) is 0 Å². The van der Waals surface area contributed by atoms with Gasteiger partial charge >= 0.3 is 0 Å². The van der Waals surface area contributed by atoms with Crippen LogP contribution in [0.3, 0.4) is 0 Å². The Morgan fingerprint density at radius 1 is 1.00 bits per heavy atom. The van der Waals surface area contributed by atoms with Gasteiger partial charge in [0.2, 0.25) is 0 Å². The van der Waals surface area contributed by atoms with E-state index in [1.54, 1.807) is 11.1 Å². The Hall–Kier alpha value is -0.820. The average Bonchev–Trinajstić information content (AvgIpc) is 2.50. The van der Waals surface area contributed by atoms with Crippen molar-refractivity contribution in [2.45, 2.75) is 56.4 Å². The molecule has 0 saturated heterocycles. The number of hydrogen-bond acceptors (Lipinski definition) is 1. The first-order valence-electron chi connectivity index (χ1n) is 7.41. The van der Waals surface area contributed by atoms with Crippen molar-refractivity contribution in [3.05, 3.63) is 35.4 Å². The van der Waals surface area contributed by atoms with E-state index in [-0.39, 0.29) is 0 Å². The number of rotatable bonds is 1. The van der Waals surface area contributed by atoms with Crippen LogP contribution in [0.25, 0.3) is 0 Å². The first kappa shape index (κ1) is 11.0. The minimum atomic E-state index is 0.416. The summed E-state index contributed by atoms with van der Waals surface area (Å²) in [5, 5.41) is 3.71. The number of nitrogens with one attached hydrogen (secondary N) is 1. The van der Waals surface area contributed by atoms with E-state index in [9.17, 15) is 0 Å². The Bertz CT molecular complexity index is 455. The lowest BCUT2D eigenvalue weighted by Gasteiger charge is -2.54. The quantitative estimate of drug-likeness (QED) is 0.788. The van der Waals surface area contributed by atoms with Crippen molar-refractivity contribution in [2.75, 3.05) is 7.05 Å². The van der Waals surface area contributed by atoms with Gasteiger partial charge in [-0.2, -0.15) is 0 Å². The van der Waals surface area contributed by atoms with Gasteiger partial charge < -0.3 is 5.32 Å². The molecule has 1 aromatic rings. The molecule has 0 aliphatic heterocycles. The van der Waals surface area contributed by atoms with Crippen LogP contribution in [0.4, 0.5) is 0 Å². The minimum absolute atomic E-state index is 0.416. The van der Waals surface area contributed by atoms with E-state index in [1.807, 2.05) is 0 Å². The fraction of sp³-hybridized carbons (Fsp3) is 0.647. The van der Waals surface area contributed by atoms with Gasteiger partial charge in [0, 0.05) is 5.54 Å². The van der Waals surface area contributed by atoms with Crippen molar-refractivity contribution < 1.29 is 0 Å². The van der Waals surface area contributed by atoms with Crippen LogP contribution in [-0.2, 0) is 0 Å². The second-order valence-corrected chi connectivity index (χ2v) is 7.36. The zero-order chi connectivity index (χ0) is 12.4. The van der Waals surface area contributed by atoms with E-state index < -0.39 is 0 Å². The lowest BCUT2D eigenvalue weighted by Crippen LogP contribution is -2.54. The molecule has 5 rings (SSSR count). The molecule has 0 spiro atoms. The fourth-order valence-corrected chi connectivity index (χ4v) is 5.54. The lowest BCUT2D eigenvalue weighted by atomic mass is 9.55. The van der Waals surface area contributed by atoms with Gasteiger partial charge in [0.15, 0.2) is 0 Å². The fourth-order valence-electron chi connectivity index (χ4n) is 5.54. The highest BCUT2D eigenvalue weighted by Crippen LogP contribution is 2.62. The maximum Gasteiger partial charge on any atom is 0.0195 e. The molecule has 0 aromatic heterocycles. The molecule has 2 unspecified atom stereocenters. The summed E-state index contributed by atoms with van der Waals surface area (Å²) in [6.07, 6.45) is 6.91. The maximum atomic E-state index is 3.71. The van der Waals surface area contributed by atoms with Crippen molar-refractivity contribution in [3.8, 4) is 0 Å². The van der Waals surface area contributed by atoms with Crippen molar-refractivity contribution in [1.82, 2.24) is 5.32 Å². The molecule has 1 aromatic carbocycles. The molecular formula is C17H23N. The summed E-state index contributed by atoms with van der Waals surface area (Å²) in [4.78, 5) is 0. The molecule has 1 nitrogen and oxygen atoms in total. The first-order valence-corrected chi connectivity index (χ1v) is 7.41. The summed E-state index contributed by atoms with van der Waals surface area (Å²) in [6, 6.07) is 9.27. The predicted molar refractivity (Wildman–Crippen MR) is 74.9 cm³/mol. The molecule has 4 aliphatic carbocycles. The zero-order valence-electron chi connectivity index (χ0n) is 11.5. The molecule has 1 heteroatoms. The summed E-state index contributed by atoms with van der Waals surface area (Å²) in [7, 11) is 2.18. The SMILES string of the molecule is CNC12CC3CC(C)(CC(C1)c1ccccc13)C2. The van der Waals surface area contributed by atoms with E-state index in [1.165, 1.54) is 32.1 Å². The third-order valence-electron chi connectivity index (χ3n) is 5.92. The van der Waals surface area contributed by atoms with Crippen LogP contribution in [0.5, 0.6) is 0 Å². The normalized spacial score (nSPS) is 44.8. The van der Waals surface area contributed by atoms with E-state index in [0.29, 0.717) is 11.0 Å². The predicted octanol–water partition coefficient (Wildman–Crippen LogP) is 3.81. The number of hydrogen-bond donors (Lipinski definition) is 1. The number of benzene rings is 1. The largest absolute Gasteiger partial charge is 0.314 e. The Kier molecular flexibility index (Phi) is 2.08. The second kappa shape index (κ2) is 3.39. The Balaban J connectivity index is 1.91. The Morgan fingerprint density at radius 3 is 2.06 bits per heavy atom. The van der Waals surface area contributed by atoms with E-state index in [0.717, 1.165) is 11.8 Å². The highest BCUT2D eigenvalue weighted by Gasteiger charge is 2.54. The molecule has 4 aliphatic rings. The Morgan fingerprint density at radius 2 is 1.56 bits per heavy atom. The molecule has 96 valence electrons. The van der Waals surface area contributed by atoms with Crippen molar-refractivity contribution in [3.63, 3.8) is 0 Å². The summed E-state index contributed by atoms with van der Waals surface area (Å²) < 4.78 is 0. The van der Waals surface area contributed by atoms with Crippen LogP contribution < -0.4 is 5.32 Å². The summed E-state index contributed by atoms with van der Waals surface area (Å²) >= 11 is 0. The molecule has 2 atom stereocenters. The standard InChI is InChI=1S/C17H23N/c1-16-7-12-9-17(11-16,18-2)10-13(8-16)15-6-4-3-5-14(12)15/h3-6,12-13,18H,7-11H2,1-2H3. The second-order valence-electron chi connectivity index (χ2n) is 7.36. The Labute approximate surface area is 110 Å². The van der Waals surface area contributed by atoms with Crippen LogP contribution in [0.2, 0.25) is 0 Å². The average molecular weight is 241 g/mol. The molecule has 2 saturated carbocycles. The molecule has 0 amide bonds. The molecular weight excluding hydrogens is 218 g/mol. The van der Waals surface area contributed by atoms with Gasteiger partial charge in [-0.15, -0.1) is 0 Å². The van der Waals surface area contributed by atoms with Crippen LogP contribution >= 0.6 is 0 Å². The highest BCUT2D eigenvalue weighted by molar-refractivity contribution is 5.39. The minimum Gasteiger partial charge on any atom is -0.314 e. The maximum absolute atomic E-state index is 3.71. The smallest absolute Gasteiger partial charge is 0.0195 e. The van der Waals surface area contributed by atoms with Crippen LogP contribution in [0.15, 0.2) is 24.3 Å². The van der Waals surface area contributed by atoms with Gasteiger partial charge in [-0.25, -0.2) is 0 Å².